The largest absolute Gasteiger partial charge is 0.348 e. The number of sulfonamides is 1. The summed E-state index contributed by atoms with van der Waals surface area (Å²) in [5, 5.41) is 3.34. The SMILES string of the molecule is O=C(N[C@@H]1CCCc2ccccc21)[C@H](Cc1ccccc1)NS(=O)(=O)c1cc(Cl)ccc1Cl. The van der Waals surface area contributed by atoms with Gasteiger partial charge in [0.2, 0.25) is 15.9 Å². The number of amides is 1. The minimum atomic E-state index is -4.11. The van der Waals surface area contributed by atoms with Crippen molar-refractivity contribution in [1.82, 2.24) is 10.0 Å². The van der Waals surface area contributed by atoms with E-state index in [9.17, 15) is 13.2 Å². The average molecular weight is 503 g/mol. The Morgan fingerprint density at radius 1 is 1.00 bits per heavy atom. The first-order valence-electron chi connectivity index (χ1n) is 10.7. The third kappa shape index (κ3) is 5.76. The summed E-state index contributed by atoms with van der Waals surface area (Å²) in [7, 11) is -4.11. The molecule has 1 aliphatic rings. The Morgan fingerprint density at radius 3 is 2.52 bits per heavy atom. The third-order valence-electron chi connectivity index (χ3n) is 5.77. The van der Waals surface area contributed by atoms with Crippen molar-refractivity contribution in [2.24, 2.45) is 0 Å². The van der Waals surface area contributed by atoms with Crippen LogP contribution in [0.25, 0.3) is 0 Å². The lowest BCUT2D eigenvalue weighted by Gasteiger charge is -2.28. The Morgan fingerprint density at radius 2 is 1.73 bits per heavy atom. The zero-order valence-electron chi connectivity index (χ0n) is 17.8. The molecule has 1 amide bonds. The summed E-state index contributed by atoms with van der Waals surface area (Å²) in [6, 6.07) is 20.3. The lowest BCUT2D eigenvalue weighted by atomic mass is 9.87. The number of fused-ring (bicyclic) bond motifs is 1. The second-order valence-corrected chi connectivity index (χ2v) is 10.6. The number of rotatable bonds is 7. The highest BCUT2D eigenvalue weighted by atomic mass is 35.5. The van der Waals surface area contributed by atoms with Crippen LogP contribution in [0.2, 0.25) is 10.0 Å². The van der Waals surface area contributed by atoms with Crippen LogP contribution >= 0.6 is 23.2 Å². The van der Waals surface area contributed by atoms with Crippen molar-refractivity contribution in [3.8, 4) is 0 Å². The first-order valence-corrected chi connectivity index (χ1v) is 13.0. The lowest BCUT2D eigenvalue weighted by Crippen LogP contribution is -2.49. The van der Waals surface area contributed by atoms with E-state index in [0.717, 1.165) is 30.4 Å². The number of carbonyl (C=O) groups is 1. The molecular weight excluding hydrogens is 479 g/mol. The Labute approximate surface area is 204 Å². The maximum absolute atomic E-state index is 13.4. The predicted molar refractivity (Wildman–Crippen MR) is 131 cm³/mol. The third-order valence-corrected chi connectivity index (χ3v) is 7.95. The fraction of sp³-hybridized carbons (Fsp3) is 0.240. The van der Waals surface area contributed by atoms with Crippen molar-refractivity contribution in [3.63, 3.8) is 0 Å². The van der Waals surface area contributed by atoms with Crippen LogP contribution in [-0.4, -0.2) is 20.4 Å². The van der Waals surface area contributed by atoms with Gasteiger partial charge in [0.25, 0.3) is 0 Å². The molecule has 2 N–H and O–H groups in total. The molecule has 172 valence electrons. The summed E-state index contributed by atoms with van der Waals surface area (Å²) in [5.41, 5.74) is 3.12. The molecule has 5 nitrogen and oxygen atoms in total. The van der Waals surface area contributed by atoms with Crippen LogP contribution < -0.4 is 10.0 Å². The molecule has 0 aromatic heterocycles. The van der Waals surface area contributed by atoms with Gasteiger partial charge in [-0.05, 0) is 60.6 Å². The summed E-state index contributed by atoms with van der Waals surface area (Å²) in [6.07, 6.45) is 2.91. The van der Waals surface area contributed by atoms with Gasteiger partial charge in [-0.3, -0.25) is 4.79 Å². The average Bonchev–Trinajstić information content (AvgIpc) is 2.81. The number of hydrogen-bond donors (Lipinski definition) is 2. The molecule has 8 heteroatoms. The van der Waals surface area contributed by atoms with Crippen LogP contribution in [0.3, 0.4) is 0 Å². The molecule has 0 saturated carbocycles. The van der Waals surface area contributed by atoms with E-state index in [1.54, 1.807) is 0 Å². The Balaban J connectivity index is 1.61. The van der Waals surface area contributed by atoms with Crippen LogP contribution in [0.1, 0.15) is 35.6 Å². The first kappa shape index (κ1) is 23.8. The molecule has 2 atom stereocenters. The normalized spacial score (nSPS) is 16.6. The number of halogens is 2. The summed E-state index contributed by atoms with van der Waals surface area (Å²) in [4.78, 5) is 13.2. The first-order chi connectivity index (χ1) is 15.8. The van der Waals surface area contributed by atoms with E-state index in [1.807, 2.05) is 48.5 Å². The zero-order chi connectivity index (χ0) is 23.4. The van der Waals surface area contributed by atoms with Crippen molar-refractivity contribution >= 4 is 39.1 Å². The Kier molecular flexibility index (Phi) is 7.39. The molecule has 0 spiro atoms. The second kappa shape index (κ2) is 10.3. The van der Waals surface area contributed by atoms with Gasteiger partial charge >= 0.3 is 0 Å². The van der Waals surface area contributed by atoms with Gasteiger partial charge in [-0.15, -0.1) is 0 Å². The highest BCUT2D eigenvalue weighted by Crippen LogP contribution is 2.30. The molecular formula is C25H24Cl2N2O3S. The van der Waals surface area contributed by atoms with Gasteiger partial charge in [0.1, 0.15) is 10.9 Å². The van der Waals surface area contributed by atoms with Crippen molar-refractivity contribution in [1.29, 1.82) is 0 Å². The van der Waals surface area contributed by atoms with E-state index in [0.29, 0.717) is 0 Å². The zero-order valence-corrected chi connectivity index (χ0v) is 20.1. The number of benzene rings is 3. The van der Waals surface area contributed by atoms with Crippen molar-refractivity contribution in [2.45, 2.75) is 42.7 Å². The van der Waals surface area contributed by atoms with Gasteiger partial charge in [0.15, 0.2) is 0 Å². The molecule has 33 heavy (non-hydrogen) atoms. The van der Waals surface area contributed by atoms with Crippen molar-refractivity contribution < 1.29 is 13.2 Å². The van der Waals surface area contributed by atoms with E-state index in [4.69, 9.17) is 23.2 Å². The quantitative estimate of drug-likeness (QED) is 0.473. The van der Waals surface area contributed by atoms with Gasteiger partial charge in [0.05, 0.1) is 11.1 Å². The topological polar surface area (TPSA) is 75.3 Å². The highest BCUT2D eigenvalue weighted by Gasteiger charge is 2.30. The molecule has 0 bridgehead atoms. The summed E-state index contributed by atoms with van der Waals surface area (Å²) < 4.78 is 28.9. The Hall–Kier alpha value is -2.38. The molecule has 3 aromatic rings. The van der Waals surface area contributed by atoms with Crippen LogP contribution in [0, 0.1) is 0 Å². The minimum Gasteiger partial charge on any atom is -0.348 e. The standard InChI is InChI=1S/C25H24Cl2N2O3S/c26-19-13-14-21(27)24(16-19)33(31,32)29-23(15-17-7-2-1-3-8-17)25(30)28-22-12-6-10-18-9-4-5-11-20(18)22/h1-5,7-9,11,13-14,16,22-23,29H,6,10,12,15H2,(H,28,30)/t22-,23+/m1/s1. The van der Waals surface area contributed by atoms with Crippen LogP contribution in [0.15, 0.2) is 77.7 Å². The maximum Gasteiger partial charge on any atom is 0.242 e. The summed E-state index contributed by atoms with van der Waals surface area (Å²) in [6.45, 7) is 0. The molecule has 3 aromatic carbocycles. The van der Waals surface area contributed by atoms with Crippen molar-refractivity contribution in [2.75, 3.05) is 0 Å². The molecule has 1 aliphatic carbocycles. The van der Waals surface area contributed by atoms with Gasteiger partial charge in [-0.2, -0.15) is 4.72 Å². The molecule has 4 rings (SSSR count). The van der Waals surface area contributed by atoms with Gasteiger partial charge in [0, 0.05) is 5.02 Å². The molecule has 0 saturated heterocycles. The number of hydrogen-bond acceptors (Lipinski definition) is 3. The minimum absolute atomic E-state index is 0.0342. The smallest absolute Gasteiger partial charge is 0.242 e. The number of carbonyl (C=O) groups excluding carboxylic acids is 1. The van der Waals surface area contributed by atoms with Gasteiger partial charge in [-0.1, -0.05) is 77.8 Å². The number of nitrogens with one attached hydrogen (secondary N) is 2. The van der Waals surface area contributed by atoms with Crippen LogP contribution in [0.4, 0.5) is 0 Å². The fourth-order valence-corrected chi connectivity index (χ4v) is 6.11. The van der Waals surface area contributed by atoms with Crippen LogP contribution in [-0.2, 0) is 27.7 Å². The van der Waals surface area contributed by atoms with E-state index in [2.05, 4.69) is 16.1 Å². The van der Waals surface area contributed by atoms with E-state index in [1.165, 1.54) is 23.8 Å². The fourth-order valence-electron chi connectivity index (χ4n) is 4.15. The van der Waals surface area contributed by atoms with E-state index >= 15 is 0 Å². The molecule has 0 fully saturated rings. The monoisotopic (exact) mass is 502 g/mol. The Bertz CT molecular complexity index is 1250. The second-order valence-electron chi connectivity index (χ2n) is 8.09. The molecule has 0 heterocycles. The van der Waals surface area contributed by atoms with E-state index < -0.39 is 16.1 Å². The van der Waals surface area contributed by atoms with E-state index in [-0.39, 0.29) is 33.3 Å². The molecule has 0 aliphatic heterocycles. The highest BCUT2D eigenvalue weighted by molar-refractivity contribution is 7.89. The summed E-state index contributed by atoms with van der Waals surface area (Å²) >= 11 is 12.1. The van der Waals surface area contributed by atoms with Crippen LogP contribution in [0.5, 0.6) is 0 Å². The van der Waals surface area contributed by atoms with Crippen molar-refractivity contribution in [3.05, 3.63) is 99.5 Å². The predicted octanol–water partition coefficient (Wildman–Crippen LogP) is 5.08. The summed E-state index contributed by atoms with van der Waals surface area (Å²) in [5.74, 6) is -0.387. The van der Waals surface area contributed by atoms with Gasteiger partial charge in [-0.25, -0.2) is 8.42 Å². The maximum atomic E-state index is 13.4. The number of aryl methyl sites for hydroxylation is 1. The lowest BCUT2D eigenvalue weighted by molar-refractivity contribution is -0.123. The van der Waals surface area contributed by atoms with Gasteiger partial charge < -0.3 is 5.32 Å². The molecule has 0 unspecified atom stereocenters. The molecule has 0 radical (unpaired) electrons.